The molecule has 0 radical (unpaired) electrons. The van der Waals surface area contributed by atoms with E-state index in [2.05, 4.69) is 11.4 Å². The standard InChI is InChI=1S/C9H9N2/c1-8(7-11-10)9-5-3-2-4-6-9/h2-7,10H,1H2/q+1. The summed E-state index contributed by atoms with van der Waals surface area (Å²) >= 11 is 0. The van der Waals surface area contributed by atoms with Crippen LogP contribution >= 0.6 is 0 Å². The second-order valence-corrected chi connectivity index (χ2v) is 2.15. The molecule has 54 valence electrons. The lowest BCUT2D eigenvalue weighted by atomic mass is 10.1. The normalized spacial score (nSPS) is 8.36. The molecular weight excluding hydrogens is 136 g/mol. The van der Waals surface area contributed by atoms with Crippen LogP contribution in [0.4, 0.5) is 0 Å². The molecule has 0 aromatic heterocycles. The summed E-state index contributed by atoms with van der Waals surface area (Å²) in [7, 11) is 0. The van der Waals surface area contributed by atoms with E-state index in [9.17, 15) is 0 Å². The Hall–Kier alpha value is -1.66. The lowest BCUT2D eigenvalue weighted by Gasteiger charge is -1.91. The van der Waals surface area contributed by atoms with Crippen molar-refractivity contribution in [2.45, 2.75) is 0 Å². The molecule has 0 heterocycles. The van der Waals surface area contributed by atoms with Gasteiger partial charge >= 0.3 is 6.21 Å². The van der Waals surface area contributed by atoms with Crippen molar-refractivity contribution < 1.29 is 4.79 Å². The molecule has 0 aliphatic carbocycles. The Morgan fingerprint density at radius 3 is 2.55 bits per heavy atom. The fourth-order valence-electron chi connectivity index (χ4n) is 0.805. The van der Waals surface area contributed by atoms with Crippen LogP contribution < -0.4 is 0 Å². The van der Waals surface area contributed by atoms with Crippen molar-refractivity contribution in [2.75, 3.05) is 0 Å². The predicted molar refractivity (Wildman–Crippen MR) is 44.5 cm³/mol. The van der Waals surface area contributed by atoms with Crippen LogP contribution in [-0.4, -0.2) is 11.0 Å². The van der Waals surface area contributed by atoms with Crippen molar-refractivity contribution in [1.29, 1.82) is 5.53 Å². The smallest absolute Gasteiger partial charge is 0.0838 e. The number of allylic oxidation sites excluding steroid dienone is 1. The Morgan fingerprint density at radius 1 is 1.36 bits per heavy atom. The second kappa shape index (κ2) is 3.49. The molecule has 0 atom stereocenters. The van der Waals surface area contributed by atoms with Gasteiger partial charge in [-0.25, -0.2) is 0 Å². The summed E-state index contributed by atoms with van der Waals surface area (Å²) in [6.07, 6.45) is 1.43. The molecule has 1 aromatic rings. The molecular formula is C9H9N2+. The van der Waals surface area contributed by atoms with E-state index in [0.29, 0.717) is 0 Å². The quantitative estimate of drug-likeness (QED) is 0.375. The van der Waals surface area contributed by atoms with Gasteiger partial charge in [0.25, 0.3) is 0 Å². The minimum atomic E-state index is 0.764. The second-order valence-electron chi connectivity index (χ2n) is 2.15. The first-order valence-corrected chi connectivity index (χ1v) is 3.28. The molecule has 0 amide bonds. The minimum absolute atomic E-state index is 0.764. The Kier molecular flexibility index (Phi) is 2.37. The monoisotopic (exact) mass is 145 g/mol. The number of hydrogen-bond donors (Lipinski definition) is 1. The molecule has 2 nitrogen and oxygen atoms in total. The largest absolute Gasteiger partial charge is 0.337 e. The highest BCUT2D eigenvalue weighted by Gasteiger charge is 1.97. The fraction of sp³-hybridized carbons (Fsp3) is 0. The number of nitrogens with zero attached hydrogens (tertiary/aromatic N) is 1. The van der Waals surface area contributed by atoms with Crippen LogP contribution in [0, 0.1) is 5.53 Å². The van der Waals surface area contributed by atoms with Crippen molar-refractivity contribution in [3.8, 4) is 0 Å². The molecule has 1 aromatic carbocycles. The van der Waals surface area contributed by atoms with E-state index >= 15 is 0 Å². The average molecular weight is 145 g/mol. The van der Waals surface area contributed by atoms with Crippen LogP contribution in [0.1, 0.15) is 5.56 Å². The lowest BCUT2D eigenvalue weighted by Crippen LogP contribution is -1.82. The minimum Gasteiger partial charge on any atom is -0.0838 e. The maximum absolute atomic E-state index is 6.59. The van der Waals surface area contributed by atoms with Gasteiger partial charge < -0.3 is 0 Å². The van der Waals surface area contributed by atoms with Crippen LogP contribution in [0.25, 0.3) is 5.57 Å². The van der Waals surface area contributed by atoms with Gasteiger partial charge in [0, 0.05) is 4.79 Å². The summed E-state index contributed by atoms with van der Waals surface area (Å²) in [5.74, 6) is 0. The highest BCUT2D eigenvalue weighted by Crippen LogP contribution is 2.07. The number of benzene rings is 1. The van der Waals surface area contributed by atoms with Gasteiger partial charge in [0.05, 0.1) is 11.1 Å². The van der Waals surface area contributed by atoms with E-state index in [4.69, 9.17) is 5.53 Å². The third-order valence-corrected chi connectivity index (χ3v) is 1.36. The predicted octanol–water partition coefficient (Wildman–Crippen LogP) is 2.01. The zero-order valence-corrected chi connectivity index (χ0v) is 6.12. The zero-order chi connectivity index (χ0) is 8.10. The zero-order valence-electron chi connectivity index (χ0n) is 6.12. The van der Waals surface area contributed by atoms with Crippen LogP contribution in [0.5, 0.6) is 0 Å². The summed E-state index contributed by atoms with van der Waals surface area (Å²) in [6, 6.07) is 9.67. The van der Waals surface area contributed by atoms with Crippen LogP contribution in [0.15, 0.2) is 36.9 Å². The van der Waals surface area contributed by atoms with Gasteiger partial charge in [-0.2, -0.15) is 0 Å². The molecule has 0 spiro atoms. The fourth-order valence-corrected chi connectivity index (χ4v) is 0.805. The maximum atomic E-state index is 6.59. The van der Waals surface area contributed by atoms with E-state index in [1.54, 1.807) is 0 Å². The van der Waals surface area contributed by atoms with Crippen molar-refractivity contribution in [2.24, 2.45) is 0 Å². The van der Waals surface area contributed by atoms with Crippen molar-refractivity contribution in [1.82, 2.24) is 0 Å². The Morgan fingerprint density at radius 2 is 2.00 bits per heavy atom. The first kappa shape index (κ1) is 7.45. The number of hydrogen-bond acceptors (Lipinski definition) is 1. The van der Waals surface area contributed by atoms with Crippen LogP contribution in [0.3, 0.4) is 0 Å². The Balaban J connectivity index is 2.94. The third kappa shape index (κ3) is 1.88. The van der Waals surface area contributed by atoms with E-state index < -0.39 is 0 Å². The van der Waals surface area contributed by atoms with Crippen LogP contribution in [0.2, 0.25) is 0 Å². The van der Waals surface area contributed by atoms with E-state index in [1.807, 2.05) is 30.3 Å². The lowest BCUT2D eigenvalue weighted by molar-refractivity contribution is -0.110. The van der Waals surface area contributed by atoms with Gasteiger partial charge in [0.15, 0.2) is 0 Å². The van der Waals surface area contributed by atoms with Gasteiger partial charge in [-0.15, -0.1) is 0 Å². The maximum Gasteiger partial charge on any atom is 0.337 e. The van der Waals surface area contributed by atoms with Gasteiger partial charge in [0.2, 0.25) is 0 Å². The molecule has 0 saturated heterocycles. The molecule has 1 N–H and O–H groups in total. The number of rotatable bonds is 2. The molecule has 0 aliphatic heterocycles. The molecule has 0 fully saturated rings. The number of nitrogens with one attached hydrogen (secondary N) is 1. The Bertz CT molecular complexity index is 295. The van der Waals surface area contributed by atoms with Gasteiger partial charge in [-0.1, -0.05) is 36.9 Å². The van der Waals surface area contributed by atoms with Crippen molar-refractivity contribution >= 4 is 11.8 Å². The van der Waals surface area contributed by atoms with Crippen molar-refractivity contribution in [3.63, 3.8) is 0 Å². The molecule has 0 aliphatic rings. The van der Waals surface area contributed by atoms with E-state index in [-0.39, 0.29) is 0 Å². The summed E-state index contributed by atoms with van der Waals surface area (Å²) in [4.78, 5) is 3.14. The molecule has 0 bridgehead atoms. The molecule has 0 saturated carbocycles. The van der Waals surface area contributed by atoms with Gasteiger partial charge in [0.1, 0.15) is 0 Å². The SMILES string of the molecule is C=C(C=[N+]=N)c1ccccc1. The topological polar surface area (TPSA) is 38.0 Å². The third-order valence-electron chi connectivity index (χ3n) is 1.36. The summed E-state index contributed by atoms with van der Waals surface area (Å²) in [6.45, 7) is 3.75. The molecule has 0 unspecified atom stereocenters. The first-order valence-electron chi connectivity index (χ1n) is 3.28. The first-order chi connectivity index (χ1) is 5.34. The van der Waals surface area contributed by atoms with Crippen molar-refractivity contribution in [3.05, 3.63) is 42.5 Å². The molecule has 2 heteroatoms. The summed E-state index contributed by atoms with van der Waals surface area (Å²) in [5, 5.41) is 0. The molecule has 1 rings (SSSR count). The van der Waals surface area contributed by atoms with Gasteiger partial charge in [-0.3, -0.25) is 0 Å². The summed E-state index contributed by atoms with van der Waals surface area (Å²) < 4.78 is 0. The molecule has 11 heavy (non-hydrogen) atoms. The highest BCUT2D eigenvalue weighted by atomic mass is 14.8. The van der Waals surface area contributed by atoms with E-state index in [0.717, 1.165) is 11.1 Å². The highest BCUT2D eigenvalue weighted by molar-refractivity contribution is 6.05. The average Bonchev–Trinajstić information content (AvgIpc) is 2.07. The Labute approximate surface area is 65.4 Å². The van der Waals surface area contributed by atoms with Gasteiger partial charge in [-0.05, 0) is 5.56 Å². The van der Waals surface area contributed by atoms with Crippen LogP contribution in [-0.2, 0) is 0 Å². The summed E-state index contributed by atoms with van der Waals surface area (Å²) in [5.41, 5.74) is 8.36. The van der Waals surface area contributed by atoms with E-state index in [1.165, 1.54) is 6.21 Å².